The van der Waals surface area contributed by atoms with Gasteiger partial charge in [-0.1, -0.05) is 40.4 Å². The summed E-state index contributed by atoms with van der Waals surface area (Å²) in [5.41, 5.74) is 0.247. The standard InChI is InChI=1S/C24H43NO5Si/c1-23(2,3)17-25(16-22(26)30-24(4,5)6)20-12-11-19(27-7)15-21(20)29-18-28-13-14-31(8,9)10/h11-12,15H,13-14,16-18H2,1-10H3. The second-order valence-electron chi connectivity index (χ2n) is 11.3. The molecule has 0 unspecified atom stereocenters. The van der Waals surface area contributed by atoms with E-state index in [4.69, 9.17) is 18.9 Å². The molecule has 0 amide bonds. The van der Waals surface area contributed by atoms with E-state index in [1.807, 2.05) is 43.9 Å². The first-order valence-corrected chi connectivity index (χ1v) is 14.7. The average Bonchev–Trinajstić information content (AvgIpc) is 2.56. The van der Waals surface area contributed by atoms with Crippen molar-refractivity contribution >= 4 is 19.7 Å². The maximum absolute atomic E-state index is 12.6. The van der Waals surface area contributed by atoms with Crippen LogP contribution in [0.25, 0.3) is 0 Å². The van der Waals surface area contributed by atoms with Gasteiger partial charge in [0.05, 0.1) is 12.8 Å². The number of anilines is 1. The van der Waals surface area contributed by atoms with Crippen molar-refractivity contribution in [1.29, 1.82) is 0 Å². The first kappa shape index (κ1) is 27.3. The van der Waals surface area contributed by atoms with Gasteiger partial charge in [-0.25, -0.2) is 0 Å². The molecule has 0 saturated heterocycles. The molecule has 0 saturated carbocycles. The first-order chi connectivity index (χ1) is 14.1. The summed E-state index contributed by atoms with van der Waals surface area (Å²) in [4.78, 5) is 14.6. The molecule has 0 fully saturated rings. The highest BCUT2D eigenvalue weighted by molar-refractivity contribution is 6.76. The number of hydrogen-bond donors (Lipinski definition) is 0. The van der Waals surface area contributed by atoms with Gasteiger partial charge in [0.1, 0.15) is 23.6 Å². The van der Waals surface area contributed by atoms with Gasteiger partial charge in [0, 0.05) is 27.3 Å². The van der Waals surface area contributed by atoms with Crippen LogP contribution < -0.4 is 14.4 Å². The number of nitrogens with zero attached hydrogens (tertiary/aromatic N) is 1. The summed E-state index contributed by atoms with van der Waals surface area (Å²) in [5.74, 6) is 1.04. The molecule has 1 rings (SSSR count). The van der Waals surface area contributed by atoms with E-state index in [0.717, 1.165) is 11.7 Å². The summed E-state index contributed by atoms with van der Waals surface area (Å²) in [6.07, 6.45) is 0. The van der Waals surface area contributed by atoms with Crippen LogP contribution in [0.15, 0.2) is 18.2 Å². The van der Waals surface area contributed by atoms with Crippen LogP contribution in [0.3, 0.4) is 0 Å². The lowest BCUT2D eigenvalue weighted by Gasteiger charge is -2.33. The number of hydrogen-bond acceptors (Lipinski definition) is 6. The quantitative estimate of drug-likeness (QED) is 0.189. The fourth-order valence-electron chi connectivity index (χ4n) is 2.87. The smallest absolute Gasteiger partial charge is 0.326 e. The molecular weight excluding hydrogens is 410 g/mol. The Bertz CT molecular complexity index is 701. The summed E-state index contributed by atoms with van der Waals surface area (Å²) >= 11 is 0. The molecule has 0 radical (unpaired) electrons. The van der Waals surface area contributed by atoms with Crippen molar-refractivity contribution in [3.63, 3.8) is 0 Å². The van der Waals surface area contributed by atoms with Gasteiger partial charge < -0.3 is 23.8 Å². The van der Waals surface area contributed by atoms with Crippen molar-refractivity contribution in [2.24, 2.45) is 5.41 Å². The highest BCUT2D eigenvalue weighted by Gasteiger charge is 2.25. The molecule has 0 aliphatic carbocycles. The van der Waals surface area contributed by atoms with E-state index < -0.39 is 13.7 Å². The van der Waals surface area contributed by atoms with Crippen molar-refractivity contribution in [3.05, 3.63) is 18.2 Å². The molecule has 1 aromatic carbocycles. The van der Waals surface area contributed by atoms with Crippen LogP contribution in [0.5, 0.6) is 11.5 Å². The highest BCUT2D eigenvalue weighted by Crippen LogP contribution is 2.34. The van der Waals surface area contributed by atoms with Crippen molar-refractivity contribution in [2.45, 2.75) is 72.8 Å². The molecule has 6 nitrogen and oxygen atoms in total. The number of rotatable bonds is 11. The SMILES string of the molecule is COc1ccc(N(CC(=O)OC(C)(C)C)CC(C)(C)C)c(OCOCC[Si](C)(C)C)c1. The normalized spacial score (nSPS) is 12.5. The summed E-state index contributed by atoms with van der Waals surface area (Å²) < 4.78 is 22.7. The van der Waals surface area contributed by atoms with Gasteiger partial charge in [0.2, 0.25) is 0 Å². The maximum atomic E-state index is 12.6. The zero-order chi connectivity index (χ0) is 23.9. The number of methoxy groups -OCH3 is 1. The Kier molecular flexibility index (Phi) is 9.89. The summed E-state index contributed by atoms with van der Waals surface area (Å²) in [6, 6.07) is 6.71. The van der Waals surface area contributed by atoms with Crippen LogP contribution in [0, 0.1) is 5.41 Å². The zero-order valence-corrected chi connectivity index (χ0v) is 22.3. The minimum absolute atomic E-state index is 0.0347. The van der Waals surface area contributed by atoms with Gasteiger partial charge >= 0.3 is 5.97 Å². The lowest BCUT2D eigenvalue weighted by Crippen LogP contribution is -2.39. The molecule has 7 heteroatoms. The number of benzene rings is 1. The monoisotopic (exact) mass is 453 g/mol. The Hall–Kier alpha value is -1.73. The number of carbonyl (C=O) groups is 1. The molecule has 0 aliphatic rings. The van der Waals surface area contributed by atoms with E-state index in [1.165, 1.54) is 0 Å². The largest absolute Gasteiger partial charge is 0.497 e. The minimum atomic E-state index is -1.16. The Balaban J connectivity index is 3.05. The van der Waals surface area contributed by atoms with Gasteiger partial charge in [-0.05, 0) is 44.4 Å². The molecule has 0 N–H and O–H groups in total. The van der Waals surface area contributed by atoms with E-state index in [9.17, 15) is 4.79 Å². The van der Waals surface area contributed by atoms with E-state index in [0.29, 0.717) is 24.7 Å². The van der Waals surface area contributed by atoms with Gasteiger partial charge in [0.25, 0.3) is 0 Å². The molecule has 0 aliphatic heterocycles. The van der Waals surface area contributed by atoms with Crippen LogP contribution in [0.4, 0.5) is 5.69 Å². The lowest BCUT2D eigenvalue weighted by molar-refractivity contribution is -0.153. The molecule has 0 heterocycles. The number of esters is 1. The molecule has 0 bridgehead atoms. The lowest BCUT2D eigenvalue weighted by atomic mass is 9.95. The summed E-state index contributed by atoms with van der Waals surface area (Å²) in [7, 11) is 0.467. The Morgan fingerprint density at radius 2 is 1.71 bits per heavy atom. The number of carbonyl (C=O) groups excluding carboxylic acids is 1. The third-order valence-corrected chi connectivity index (χ3v) is 5.91. The molecule has 1 aromatic rings. The summed E-state index contributed by atoms with van der Waals surface area (Å²) in [6.45, 7) is 20.6. The minimum Gasteiger partial charge on any atom is -0.497 e. The average molecular weight is 454 g/mol. The van der Waals surface area contributed by atoms with Gasteiger partial charge in [0.15, 0.2) is 6.79 Å². The van der Waals surface area contributed by atoms with Crippen LogP contribution in [-0.2, 0) is 14.3 Å². The van der Waals surface area contributed by atoms with Crippen molar-refractivity contribution in [2.75, 3.05) is 38.5 Å². The molecule has 0 aromatic heterocycles. The van der Waals surface area contributed by atoms with E-state index in [-0.39, 0.29) is 24.7 Å². The highest BCUT2D eigenvalue weighted by atomic mass is 28.3. The fraction of sp³-hybridized carbons (Fsp3) is 0.708. The molecular formula is C24H43NO5Si. The topological polar surface area (TPSA) is 57.2 Å². The van der Waals surface area contributed by atoms with E-state index in [2.05, 4.69) is 40.4 Å². The van der Waals surface area contributed by atoms with Crippen LogP contribution >= 0.6 is 0 Å². The predicted molar refractivity (Wildman–Crippen MR) is 130 cm³/mol. The van der Waals surface area contributed by atoms with Crippen molar-refractivity contribution in [3.8, 4) is 11.5 Å². The summed E-state index contributed by atoms with van der Waals surface area (Å²) in [5, 5.41) is 0. The Morgan fingerprint density at radius 1 is 1.06 bits per heavy atom. The van der Waals surface area contributed by atoms with Gasteiger partial charge in [-0.15, -0.1) is 0 Å². The van der Waals surface area contributed by atoms with Gasteiger partial charge in [-0.3, -0.25) is 4.79 Å². The number of ether oxygens (including phenoxy) is 4. The van der Waals surface area contributed by atoms with Gasteiger partial charge in [-0.2, -0.15) is 0 Å². The molecule has 0 atom stereocenters. The van der Waals surface area contributed by atoms with Crippen LogP contribution in [-0.4, -0.2) is 53.2 Å². The molecule has 0 spiro atoms. The Labute approximate surface area is 190 Å². The van der Waals surface area contributed by atoms with Crippen molar-refractivity contribution in [1.82, 2.24) is 0 Å². The fourth-order valence-corrected chi connectivity index (χ4v) is 3.63. The zero-order valence-electron chi connectivity index (χ0n) is 21.3. The third-order valence-electron chi connectivity index (χ3n) is 4.21. The van der Waals surface area contributed by atoms with E-state index in [1.54, 1.807) is 7.11 Å². The van der Waals surface area contributed by atoms with Crippen LogP contribution in [0.1, 0.15) is 41.5 Å². The third kappa shape index (κ3) is 12.0. The van der Waals surface area contributed by atoms with Crippen molar-refractivity contribution < 1.29 is 23.7 Å². The maximum Gasteiger partial charge on any atom is 0.326 e. The first-order valence-electron chi connectivity index (χ1n) is 10.9. The second-order valence-corrected chi connectivity index (χ2v) is 16.9. The molecule has 178 valence electrons. The predicted octanol–water partition coefficient (Wildman–Crippen LogP) is 5.58. The second kappa shape index (κ2) is 11.2. The van der Waals surface area contributed by atoms with E-state index >= 15 is 0 Å². The Morgan fingerprint density at radius 3 is 2.23 bits per heavy atom. The molecule has 31 heavy (non-hydrogen) atoms. The van der Waals surface area contributed by atoms with Crippen LogP contribution in [0.2, 0.25) is 25.7 Å².